The second-order valence-electron chi connectivity index (χ2n) is 6.49. The van der Waals surface area contributed by atoms with Gasteiger partial charge in [-0.25, -0.2) is 4.79 Å². The maximum absolute atomic E-state index is 12.2. The number of carbonyl (C=O) groups is 2. The zero-order valence-electron chi connectivity index (χ0n) is 17.2. The third-order valence-corrected chi connectivity index (χ3v) is 4.41. The van der Waals surface area contributed by atoms with Gasteiger partial charge in [0.25, 0.3) is 5.91 Å². The van der Waals surface area contributed by atoms with Crippen LogP contribution in [0.4, 0.5) is 0 Å². The van der Waals surface area contributed by atoms with Crippen LogP contribution in [0, 0.1) is 6.92 Å². The molecule has 0 aromatic heterocycles. The lowest BCUT2D eigenvalue weighted by Crippen LogP contribution is -2.32. The molecule has 2 aromatic rings. The number of amides is 1. The third kappa shape index (κ3) is 6.68. The minimum absolute atomic E-state index is 0.124. The first-order chi connectivity index (χ1) is 14.0. The standard InChI is InChI=1S/C23H27NO5/c1-5-20(17-8-6-16(2)7-9-17)24-22(25)15-29-23(26)13-11-18-10-12-19(27-3)14-21(18)28-4/h6-14,20H,5,15H2,1-4H3,(H,24,25)/b13-11+/t20-/m1/s1. The summed E-state index contributed by atoms with van der Waals surface area (Å²) < 4.78 is 15.5. The van der Waals surface area contributed by atoms with E-state index in [1.54, 1.807) is 31.4 Å². The number of rotatable bonds is 9. The summed E-state index contributed by atoms with van der Waals surface area (Å²) in [4.78, 5) is 24.1. The van der Waals surface area contributed by atoms with Crippen molar-refractivity contribution < 1.29 is 23.8 Å². The average molecular weight is 397 g/mol. The van der Waals surface area contributed by atoms with E-state index in [0.717, 1.165) is 17.5 Å². The van der Waals surface area contributed by atoms with Gasteiger partial charge in [0.05, 0.1) is 20.3 Å². The van der Waals surface area contributed by atoms with Crippen molar-refractivity contribution in [2.24, 2.45) is 0 Å². The molecule has 0 fully saturated rings. The van der Waals surface area contributed by atoms with E-state index in [2.05, 4.69) is 5.32 Å². The predicted molar refractivity (Wildman–Crippen MR) is 112 cm³/mol. The molecule has 0 aliphatic rings. The van der Waals surface area contributed by atoms with Crippen LogP contribution in [0.3, 0.4) is 0 Å². The Labute approximate surface area is 171 Å². The molecule has 0 spiro atoms. The van der Waals surface area contributed by atoms with Gasteiger partial charge < -0.3 is 19.5 Å². The van der Waals surface area contributed by atoms with Crippen molar-refractivity contribution in [3.05, 3.63) is 65.2 Å². The van der Waals surface area contributed by atoms with Crippen molar-refractivity contribution in [3.63, 3.8) is 0 Å². The molecular formula is C23H27NO5. The molecule has 0 saturated heterocycles. The van der Waals surface area contributed by atoms with Gasteiger partial charge >= 0.3 is 5.97 Å². The average Bonchev–Trinajstić information content (AvgIpc) is 2.75. The molecule has 2 aromatic carbocycles. The molecule has 0 unspecified atom stereocenters. The third-order valence-electron chi connectivity index (χ3n) is 4.41. The Morgan fingerprint density at radius 2 is 1.79 bits per heavy atom. The molecule has 6 nitrogen and oxygen atoms in total. The molecule has 0 aliphatic heterocycles. The smallest absolute Gasteiger partial charge is 0.331 e. The van der Waals surface area contributed by atoms with Crippen molar-refractivity contribution in [1.29, 1.82) is 0 Å². The molecule has 154 valence electrons. The topological polar surface area (TPSA) is 73.9 Å². The van der Waals surface area contributed by atoms with Gasteiger partial charge in [-0.2, -0.15) is 0 Å². The lowest BCUT2D eigenvalue weighted by Gasteiger charge is -2.17. The first-order valence-electron chi connectivity index (χ1n) is 9.39. The highest BCUT2D eigenvalue weighted by molar-refractivity contribution is 5.89. The Morgan fingerprint density at radius 3 is 2.41 bits per heavy atom. The quantitative estimate of drug-likeness (QED) is 0.514. The number of benzene rings is 2. The Morgan fingerprint density at radius 1 is 1.07 bits per heavy atom. The number of nitrogens with one attached hydrogen (secondary N) is 1. The molecule has 2 rings (SSSR count). The predicted octanol–water partition coefficient (Wildman–Crippen LogP) is 3.84. The summed E-state index contributed by atoms with van der Waals surface area (Å²) in [7, 11) is 3.10. The SMILES string of the molecule is CC[C@@H](NC(=O)COC(=O)/C=C/c1ccc(OC)cc1OC)c1ccc(C)cc1. The van der Waals surface area contributed by atoms with E-state index < -0.39 is 5.97 Å². The summed E-state index contributed by atoms with van der Waals surface area (Å²) >= 11 is 0. The molecular weight excluding hydrogens is 370 g/mol. The fraction of sp³-hybridized carbons (Fsp3) is 0.304. The van der Waals surface area contributed by atoms with Crippen LogP contribution in [0.15, 0.2) is 48.5 Å². The van der Waals surface area contributed by atoms with E-state index in [1.807, 2.05) is 38.1 Å². The monoisotopic (exact) mass is 397 g/mol. The number of ether oxygens (including phenoxy) is 3. The number of esters is 1. The van der Waals surface area contributed by atoms with E-state index in [-0.39, 0.29) is 18.6 Å². The highest BCUT2D eigenvalue weighted by atomic mass is 16.5. The highest BCUT2D eigenvalue weighted by Crippen LogP contribution is 2.25. The van der Waals surface area contributed by atoms with Crippen LogP contribution in [0.25, 0.3) is 6.08 Å². The summed E-state index contributed by atoms with van der Waals surface area (Å²) in [6.45, 7) is 3.66. The zero-order chi connectivity index (χ0) is 21.2. The molecule has 6 heteroatoms. The lowest BCUT2D eigenvalue weighted by molar-refractivity contribution is -0.144. The maximum Gasteiger partial charge on any atom is 0.331 e. The van der Waals surface area contributed by atoms with E-state index in [1.165, 1.54) is 13.2 Å². The van der Waals surface area contributed by atoms with Crippen LogP contribution in [-0.4, -0.2) is 32.7 Å². The molecule has 1 amide bonds. The zero-order valence-corrected chi connectivity index (χ0v) is 17.2. The van der Waals surface area contributed by atoms with Crippen LogP contribution < -0.4 is 14.8 Å². The van der Waals surface area contributed by atoms with E-state index in [4.69, 9.17) is 14.2 Å². The molecule has 1 N–H and O–H groups in total. The molecule has 29 heavy (non-hydrogen) atoms. The summed E-state index contributed by atoms with van der Waals surface area (Å²) in [6, 6.07) is 13.1. The Hall–Kier alpha value is -3.28. The van der Waals surface area contributed by atoms with E-state index in [0.29, 0.717) is 17.1 Å². The summed E-state index contributed by atoms with van der Waals surface area (Å²) in [5, 5.41) is 2.89. The van der Waals surface area contributed by atoms with Crippen LogP contribution in [-0.2, 0) is 14.3 Å². The van der Waals surface area contributed by atoms with Gasteiger partial charge in [0, 0.05) is 17.7 Å². The maximum atomic E-state index is 12.2. The second kappa shape index (κ2) is 10.9. The van der Waals surface area contributed by atoms with Gasteiger partial charge in [-0.05, 0) is 37.1 Å². The first kappa shape index (κ1) is 22.0. The van der Waals surface area contributed by atoms with Gasteiger partial charge in [0.2, 0.25) is 0 Å². The fourth-order valence-electron chi connectivity index (χ4n) is 2.75. The molecule has 0 aliphatic carbocycles. The Kier molecular flexibility index (Phi) is 8.27. The molecule has 0 bridgehead atoms. The first-order valence-corrected chi connectivity index (χ1v) is 9.39. The lowest BCUT2D eigenvalue weighted by atomic mass is 10.0. The number of hydrogen-bond donors (Lipinski definition) is 1. The number of carbonyl (C=O) groups excluding carboxylic acids is 2. The van der Waals surface area contributed by atoms with Crippen molar-refractivity contribution in [1.82, 2.24) is 5.32 Å². The van der Waals surface area contributed by atoms with Gasteiger partial charge in [-0.15, -0.1) is 0 Å². The molecule has 0 saturated carbocycles. The minimum Gasteiger partial charge on any atom is -0.497 e. The second-order valence-corrected chi connectivity index (χ2v) is 6.49. The fourth-order valence-corrected chi connectivity index (χ4v) is 2.75. The van der Waals surface area contributed by atoms with Crippen LogP contribution in [0.1, 0.15) is 36.1 Å². The van der Waals surface area contributed by atoms with Gasteiger partial charge in [-0.1, -0.05) is 36.8 Å². The van der Waals surface area contributed by atoms with Crippen molar-refractivity contribution in [2.75, 3.05) is 20.8 Å². The van der Waals surface area contributed by atoms with Crippen molar-refractivity contribution in [2.45, 2.75) is 26.3 Å². The molecule has 0 radical (unpaired) electrons. The minimum atomic E-state index is -0.610. The van der Waals surface area contributed by atoms with Gasteiger partial charge in [0.1, 0.15) is 11.5 Å². The largest absolute Gasteiger partial charge is 0.497 e. The number of hydrogen-bond acceptors (Lipinski definition) is 5. The van der Waals surface area contributed by atoms with E-state index >= 15 is 0 Å². The summed E-state index contributed by atoms with van der Waals surface area (Å²) in [5.41, 5.74) is 2.87. The van der Waals surface area contributed by atoms with E-state index in [9.17, 15) is 9.59 Å². The highest BCUT2D eigenvalue weighted by Gasteiger charge is 2.13. The van der Waals surface area contributed by atoms with Gasteiger partial charge in [-0.3, -0.25) is 4.79 Å². The number of aryl methyl sites for hydroxylation is 1. The van der Waals surface area contributed by atoms with Crippen LogP contribution >= 0.6 is 0 Å². The summed E-state index contributed by atoms with van der Waals surface area (Å²) in [5.74, 6) is 0.259. The van der Waals surface area contributed by atoms with Crippen LogP contribution in [0.5, 0.6) is 11.5 Å². The summed E-state index contributed by atoms with van der Waals surface area (Å²) in [6.07, 6.45) is 3.56. The Bertz CT molecular complexity index is 858. The Balaban J connectivity index is 1.88. The van der Waals surface area contributed by atoms with Crippen LogP contribution in [0.2, 0.25) is 0 Å². The van der Waals surface area contributed by atoms with Gasteiger partial charge in [0.15, 0.2) is 6.61 Å². The number of methoxy groups -OCH3 is 2. The normalized spacial score (nSPS) is 11.7. The molecule has 0 heterocycles. The van der Waals surface area contributed by atoms with Crippen molar-refractivity contribution >= 4 is 18.0 Å². The van der Waals surface area contributed by atoms with Crippen molar-refractivity contribution in [3.8, 4) is 11.5 Å². The molecule has 1 atom stereocenters.